The van der Waals surface area contributed by atoms with E-state index in [1.807, 2.05) is 0 Å². The van der Waals surface area contributed by atoms with E-state index < -0.39 is 0 Å². The van der Waals surface area contributed by atoms with Crippen molar-refractivity contribution in [2.75, 3.05) is 0 Å². The summed E-state index contributed by atoms with van der Waals surface area (Å²) in [4.78, 5) is 0. The molecule has 0 amide bonds. The highest BCUT2D eigenvalue weighted by molar-refractivity contribution is 5.38. The maximum absolute atomic E-state index is 5.64. The highest BCUT2D eigenvalue weighted by Crippen LogP contribution is 2.28. The molecule has 1 heterocycles. The lowest BCUT2D eigenvalue weighted by molar-refractivity contribution is 0.0407. The summed E-state index contributed by atoms with van der Waals surface area (Å²) in [6.07, 6.45) is 1.45. The van der Waals surface area contributed by atoms with Crippen LogP contribution in [0.25, 0.3) is 0 Å². The second-order valence-electron chi connectivity index (χ2n) is 4.47. The van der Waals surface area contributed by atoms with Crippen LogP contribution in [-0.2, 0) is 17.8 Å². The van der Waals surface area contributed by atoms with Gasteiger partial charge in [0.2, 0.25) is 0 Å². The Morgan fingerprint density at radius 3 is 2.86 bits per heavy atom. The Hall–Kier alpha value is -0.820. The van der Waals surface area contributed by atoms with Crippen LogP contribution in [0.1, 0.15) is 43.4 Å². The Bertz CT molecular complexity index is 328. The van der Waals surface area contributed by atoms with Crippen molar-refractivity contribution in [3.05, 3.63) is 34.9 Å². The third kappa shape index (κ3) is 1.69. The lowest BCUT2D eigenvalue weighted by atomic mass is 9.89. The van der Waals surface area contributed by atoms with Gasteiger partial charge in [-0.1, -0.05) is 32.0 Å². The van der Waals surface area contributed by atoms with E-state index >= 15 is 0 Å². The van der Waals surface area contributed by atoms with Crippen LogP contribution in [0.3, 0.4) is 0 Å². The average Bonchev–Trinajstić information content (AvgIpc) is 2.16. The van der Waals surface area contributed by atoms with Crippen molar-refractivity contribution < 1.29 is 4.74 Å². The Balaban J connectivity index is 2.43. The SMILES string of the molecule is CC1Cc2c(cccc2C(C)C)CO1. The van der Waals surface area contributed by atoms with Gasteiger partial charge in [-0.05, 0) is 36.0 Å². The van der Waals surface area contributed by atoms with E-state index in [9.17, 15) is 0 Å². The molecular formula is C13H18O. The minimum atomic E-state index is 0.377. The van der Waals surface area contributed by atoms with Gasteiger partial charge in [0.05, 0.1) is 12.7 Å². The molecule has 1 atom stereocenters. The highest BCUT2D eigenvalue weighted by atomic mass is 16.5. The summed E-state index contributed by atoms with van der Waals surface area (Å²) in [5.74, 6) is 0.621. The maximum Gasteiger partial charge on any atom is 0.0723 e. The van der Waals surface area contributed by atoms with Crippen LogP contribution in [0.4, 0.5) is 0 Å². The standard InChI is InChI=1S/C13H18O/c1-9(2)12-6-4-5-11-8-14-10(3)7-13(11)12/h4-6,9-10H,7-8H2,1-3H3. The smallest absolute Gasteiger partial charge is 0.0723 e. The molecule has 0 aromatic heterocycles. The Morgan fingerprint density at radius 1 is 1.36 bits per heavy atom. The predicted octanol–water partition coefficient (Wildman–Crippen LogP) is 3.27. The summed E-state index contributed by atoms with van der Waals surface area (Å²) in [6, 6.07) is 6.59. The van der Waals surface area contributed by atoms with Gasteiger partial charge in [0, 0.05) is 0 Å². The highest BCUT2D eigenvalue weighted by Gasteiger charge is 2.18. The average molecular weight is 190 g/mol. The summed E-state index contributed by atoms with van der Waals surface area (Å²) < 4.78 is 5.64. The van der Waals surface area contributed by atoms with Crippen molar-refractivity contribution >= 4 is 0 Å². The molecule has 2 rings (SSSR count). The molecular weight excluding hydrogens is 172 g/mol. The third-order valence-corrected chi connectivity index (χ3v) is 2.95. The Morgan fingerprint density at radius 2 is 2.14 bits per heavy atom. The molecule has 0 saturated heterocycles. The second-order valence-corrected chi connectivity index (χ2v) is 4.47. The fraction of sp³-hybridized carbons (Fsp3) is 0.538. The van der Waals surface area contributed by atoms with E-state index in [-0.39, 0.29) is 0 Å². The number of benzene rings is 1. The van der Waals surface area contributed by atoms with Crippen molar-refractivity contribution in [3.8, 4) is 0 Å². The zero-order valence-electron chi connectivity index (χ0n) is 9.21. The molecule has 0 bridgehead atoms. The van der Waals surface area contributed by atoms with Gasteiger partial charge in [-0.25, -0.2) is 0 Å². The molecule has 0 radical (unpaired) electrons. The molecule has 1 aromatic carbocycles. The number of ether oxygens (including phenoxy) is 1. The van der Waals surface area contributed by atoms with E-state index in [2.05, 4.69) is 39.0 Å². The quantitative estimate of drug-likeness (QED) is 0.660. The lowest BCUT2D eigenvalue weighted by Gasteiger charge is -2.25. The van der Waals surface area contributed by atoms with Crippen molar-refractivity contribution in [2.45, 2.75) is 45.8 Å². The lowest BCUT2D eigenvalue weighted by Crippen LogP contribution is -2.20. The number of hydrogen-bond donors (Lipinski definition) is 0. The van der Waals surface area contributed by atoms with Gasteiger partial charge in [-0.2, -0.15) is 0 Å². The molecule has 0 saturated carbocycles. The van der Waals surface area contributed by atoms with Crippen molar-refractivity contribution in [3.63, 3.8) is 0 Å². The molecule has 0 fully saturated rings. The Kier molecular flexibility index (Phi) is 2.60. The molecule has 0 N–H and O–H groups in total. The van der Waals surface area contributed by atoms with Gasteiger partial charge in [-0.15, -0.1) is 0 Å². The number of fused-ring (bicyclic) bond motifs is 1. The van der Waals surface area contributed by atoms with Crippen LogP contribution >= 0.6 is 0 Å². The fourth-order valence-electron chi connectivity index (χ4n) is 2.16. The minimum absolute atomic E-state index is 0.377. The topological polar surface area (TPSA) is 9.23 Å². The minimum Gasteiger partial charge on any atom is -0.373 e. The molecule has 0 spiro atoms. The second kappa shape index (κ2) is 3.74. The van der Waals surface area contributed by atoms with Crippen LogP contribution in [-0.4, -0.2) is 6.10 Å². The van der Waals surface area contributed by atoms with Crippen LogP contribution in [0.5, 0.6) is 0 Å². The van der Waals surface area contributed by atoms with E-state index in [4.69, 9.17) is 4.74 Å². The van der Waals surface area contributed by atoms with Crippen LogP contribution < -0.4 is 0 Å². The first-order valence-corrected chi connectivity index (χ1v) is 5.40. The van der Waals surface area contributed by atoms with Crippen LogP contribution in [0, 0.1) is 0 Å². The zero-order chi connectivity index (χ0) is 10.1. The Labute approximate surface area is 86.1 Å². The molecule has 0 aliphatic carbocycles. The monoisotopic (exact) mass is 190 g/mol. The van der Waals surface area contributed by atoms with E-state index in [0.29, 0.717) is 12.0 Å². The van der Waals surface area contributed by atoms with E-state index in [1.54, 1.807) is 0 Å². The normalized spacial score (nSPS) is 21.0. The number of hydrogen-bond acceptors (Lipinski definition) is 1. The third-order valence-electron chi connectivity index (χ3n) is 2.95. The summed E-state index contributed by atoms with van der Waals surface area (Å²) in [5, 5.41) is 0. The molecule has 1 heteroatoms. The summed E-state index contributed by atoms with van der Waals surface area (Å²) in [7, 11) is 0. The molecule has 1 nitrogen and oxygen atoms in total. The van der Waals surface area contributed by atoms with Gasteiger partial charge in [0.1, 0.15) is 0 Å². The van der Waals surface area contributed by atoms with Crippen molar-refractivity contribution in [1.29, 1.82) is 0 Å². The molecule has 14 heavy (non-hydrogen) atoms. The first-order chi connectivity index (χ1) is 6.68. The first-order valence-electron chi connectivity index (χ1n) is 5.40. The predicted molar refractivity (Wildman–Crippen MR) is 58.5 cm³/mol. The van der Waals surface area contributed by atoms with Gasteiger partial charge in [-0.3, -0.25) is 0 Å². The van der Waals surface area contributed by atoms with Crippen LogP contribution in [0.2, 0.25) is 0 Å². The molecule has 76 valence electrons. The fourth-order valence-corrected chi connectivity index (χ4v) is 2.16. The van der Waals surface area contributed by atoms with Crippen molar-refractivity contribution in [2.24, 2.45) is 0 Å². The van der Waals surface area contributed by atoms with Crippen molar-refractivity contribution in [1.82, 2.24) is 0 Å². The summed E-state index contributed by atoms with van der Waals surface area (Å²) in [6.45, 7) is 7.46. The van der Waals surface area contributed by atoms with E-state index in [1.165, 1.54) is 16.7 Å². The molecule has 1 unspecified atom stereocenters. The summed E-state index contributed by atoms with van der Waals surface area (Å²) >= 11 is 0. The van der Waals surface area contributed by atoms with Gasteiger partial charge in [0.15, 0.2) is 0 Å². The van der Waals surface area contributed by atoms with Crippen LogP contribution in [0.15, 0.2) is 18.2 Å². The summed E-state index contributed by atoms with van der Waals surface area (Å²) in [5.41, 5.74) is 4.41. The zero-order valence-corrected chi connectivity index (χ0v) is 9.21. The largest absolute Gasteiger partial charge is 0.373 e. The number of rotatable bonds is 1. The first kappa shape index (κ1) is 9.72. The van der Waals surface area contributed by atoms with Gasteiger partial charge >= 0.3 is 0 Å². The van der Waals surface area contributed by atoms with E-state index in [0.717, 1.165) is 13.0 Å². The van der Waals surface area contributed by atoms with Gasteiger partial charge in [0.25, 0.3) is 0 Å². The molecule has 1 aliphatic rings. The molecule has 1 aromatic rings. The van der Waals surface area contributed by atoms with Gasteiger partial charge < -0.3 is 4.74 Å². The molecule has 1 aliphatic heterocycles. The maximum atomic E-state index is 5.64.